The molecule has 3 nitrogen and oxygen atoms in total. The van der Waals surface area contributed by atoms with E-state index in [4.69, 9.17) is 0 Å². The fraction of sp³-hybridized carbons (Fsp3) is 0.462. The largest absolute Gasteiger partial charge is 0.299 e. The third-order valence-electron chi connectivity index (χ3n) is 2.56. The maximum atomic E-state index is 11.6. The predicted octanol–water partition coefficient (Wildman–Crippen LogP) is 3.33. The average Bonchev–Trinajstić information content (AvgIpc) is 2.38. The van der Waals surface area contributed by atoms with Crippen molar-refractivity contribution in [3.05, 3.63) is 28.7 Å². The number of ketones is 1. The van der Waals surface area contributed by atoms with Crippen LogP contribution in [0.1, 0.15) is 19.8 Å². The Labute approximate surface area is 127 Å². The van der Waals surface area contributed by atoms with Gasteiger partial charge >= 0.3 is 0 Å². The van der Waals surface area contributed by atoms with Crippen molar-refractivity contribution in [2.45, 2.75) is 24.7 Å². The minimum atomic E-state index is -2.95. The lowest BCUT2D eigenvalue weighted by atomic mass is 10.2. The molecule has 0 unspecified atom stereocenters. The van der Waals surface area contributed by atoms with Gasteiger partial charge < -0.3 is 0 Å². The number of hydrogen-bond donors (Lipinski definition) is 0. The molecule has 0 amide bonds. The summed E-state index contributed by atoms with van der Waals surface area (Å²) in [6.07, 6.45) is 0.763. The van der Waals surface area contributed by atoms with E-state index in [9.17, 15) is 13.2 Å². The van der Waals surface area contributed by atoms with E-state index in [0.717, 1.165) is 9.37 Å². The van der Waals surface area contributed by atoms with Crippen molar-refractivity contribution in [3.63, 3.8) is 0 Å². The van der Waals surface area contributed by atoms with Crippen molar-refractivity contribution in [2.24, 2.45) is 0 Å². The van der Waals surface area contributed by atoms with E-state index in [2.05, 4.69) is 15.9 Å². The van der Waals surface area contributed by atoms with Crippen molar-refractivity contribution in [3.8, 4) is 0 Å². The quantitative estimate of drug-likeness (QED) is 0.663. The molecule has 0 aliphatic rings. The molecule has 6 heteroatoms. The van der Waals surface area contributed by atoms with Crippen molar-refractivity contribution < 1.29 is 13.2 Å². The van der Waals surface area contributed by atoms with Gasteiger partial charge in [-0.1, -0.05) is 22.9 Å². The number of carbonyl (C=O) groups is 1. The van der Waals surface area contributed by atoms with Crippen LogP contribution in [-0.4, -0.2) is 31.5 Å². The van der Waals surface area contributed by atoms with E-state index in [1.54, 1.807) is 6.92 Å². The Bertz CT molecular complexity index is 509. The van der Waals surface area contributed by atoms with Crippen LogP contribution in [0.15, 0.2) is 33.6 Å². The Morgan fingerprint density at radius 3 is 2.47 bits per heavy atom. The lowest BCUT2D eigenvalue weighted by molar-refractivity contribution is -0.116. The fourth-order valence-electron chi connectivity index (χ4n) is 1.40. The molecule has 0 aromatic heterocycles. The maximum Gasteiger partial charge on any atom is 0.150 e. The number of Topliss-reactive ketones (excluding diaryl/α,β-unsaturated/α-hetero) is 1. The van der Waals surface area contributed by atoms with Gasteiger partial charge in [-0.15, -0.1) is 11.8 Å². The highest BCUT2D eigenvalue weighted by Crippen LogP contribution is 2.21. The normalized spacial score (nSPS) is 11.5. The summed E-state index contributed by atoms with van der Waals surface area (Å²) in [6.45, 7) is 1.63. The molecule has 1 aromatic rings. The first-order valence-corrected chi connectivity index (χ1v) is 9.63. The molecule has 0 atom stereocenters. The number of sulfone groups is 1. The highest BCUT2D eigenvalue weighted by molar-refractivity contribution is 9.10. The lowest BCUT2D eigenvalue weighted by Crippen LogP contribution is -2.11. The zero-order valence-electron chi connectivity index (χ0n) is 10.8. The lowest BCUT2D eigenvalue weighted by Gasteiger charge is -2.02. The SMILES string of the molecule is CCS(=O)(=O)CCCC(=O)CSc1ccc(Br)cc1. The summed E-state index contributed by atoms with van der Waals surface area (Å²) in [5.74, 6) is 0.750. The number of hydrogen-bond acceptors (Lipinski definition) is 4. The highest BCUT2D eigenvalue weighted by atomic mass is 79.9. The molecule has 1 aromatic carbocycles. The first-order chi connectivity index (χ1) is 8.93. The Balaban J connectivity index is 2.27. The van der Waals surface area contributed by atoms with Gasteiger partial charge in [0.25, 0.3) is 0 Å². The van der Waals surface area contributed by atoms with Crippen molar-refractivity contribution in [1.29, 1.82) is 0 Å². The second-order valence-electron chi connectivity index (χ2n) is 4.12. The van der Waals surface area contributed by atoms with Crippen LogP contribution in [0.3, 0.4) is 0 Å². The van der Waals surface area contributed by atoms with Gasteiger partial charge in [-0.2, -0.15) is 0 Å². The molecule has 0 saturated carbocycles. The molecule has 0 spiro atoms. The van der Waals surface area contributed by atoms with E-state index in [1.807, 2.05) is 24.3 Å². The molecule has 0 saturated heterocycles. The summed E-state index contributed by atoms with van der Waals surface area (Å²) in [5.41, 5.74) is 0. The van der Waals surface area contributed by atoms with E-state index in [0.29, 0.717) is 18.6 Å². The second kappa shape index (κ2) is 8.07. The summed E-state index contributed by atoms with van der Waals surface area (Å²) in [7, 11) is -2.95. The summed E-state index contributed by atoms with van der Waals surface area (Å²) < 4.78 is 23.5. The van der Waals surface area contributed by atoms with Crippen molar-refractivity contribution >= 4 is 43.3 Å². The van der Waals surface area contributed by atoms with Crippen LogP contribution in [0.2, 0.25) is 0 Å². The van der Waals surface area contributed by atoms with Crippen molar-refractivity contribution in [1.82, 2.24) is 0 Å². The predicted molar refractivity (Wildman–Crippen MR) is 83.4 cm³/mol. The number of rotatable bonds is 8. The van der Waals surface area contributed by atoms with E-state index < -0.39 is 9.84 Å². The Morgan fingerprint density at radius 2 is 1.89 bits per heavy atom. The van der Waals surface area contributed by atoms with Gasteiger partial charge in [0.05, 0.1) is 11.5 Å². The van der Waals surface area contributed by atoms with E-state index >= 15 is 0 Å². The smallest absolute Gasteiger partial charge is 0.150 e. The summed E-state index contributed by atoms with van der Waals surface area (Å²) in [6, 6.07) is 7.76. The Hall–Kier alpha value is -0.330. The molecule has 0 heterocycles. The number of carbonyl (C=O) groups excluding carboxylic acids is 1. The second-order valence-corrected chi connectivity index (χ2v) is 8.56. The van der Waals surface area contributed by atoms with Gasteiger partial charge in [-0.05, 0) is 30.7 Å². The van der Waals surface area contributed by atoms with Gasteiger partial charge in [0.15, 0.2) is 0 Å². The molecule has 106 valence electrons. The molecular weight excluding hydrogens is 348 g/mol. The molecule has 19 heavy (non-hydrogen) atoms. The number of halogens is 1. The molecule has 0 fully saturated rings. The molecule has 1 rings (SSSR count). The molecule has 0 aliphatic heterocycles. The third kappa shape index (κ3) is 7.13. The zero-order valence-corrected chi connectivity index (χ0v) is 14.0. The van der Waals surface area contributed by atoms with Gasteiger partial charge in [0.1, 0.15) is 15.6 Å². The monoisotopic (exact) mass is 364 g/mol. The van der Waals surface area contributed by atoms with Crippen LogP contribution in [0.4, 0.5) is 0 Å². The van der Waals surface area contributed by atoms with E-state index in [-0.39, 0.29) is 17.3 Å². The van der Waals surface area contributed by atoms with Crippen LogP contribution in [0.5, 0.6) is 0 Å². The fourth-order valence-corrected chi connectivity index (χ4v) is 3.34. The molecule has 0 radical (unpaired) electrons. The Morgan fingerprint density at radius 1 is 1.26 bits per heavy atom. The molecule has 0 aliphatic carbocycles. The van der Waals surface area contributed by atoms with Crippen LogP contribution in [-0.2, 0) is 14.6 Å². The third-order valence-corrected chi connectivity index (χ3v) is 5.96. The summed E-state index contributed by atoms with van der Waals surface area (Å²) >= 11 is 4.83. The van der Waals surface area contributed by atoms with Gasteiger partial charge in [-0.3, -0.25) is 4.79 Å². The molecular formula is C13H17BrO3S2. The molecule has 0 bridgehead atoms. The number of benzene rings is 1. The van der Waals surface area contributed by atoms with Crippen molar-refractivity contribution in [2.75, 3.05) is 17.3 Å². The molecule has 0 N–H and O–H groups in total. The zero-order chi connectivity index (χ0) is 14.3. The van der Waals surface area contributed by atoms with Gasteiger partial charge in [0, 0.05) is 21.5 Å². The summed E-state index contributed by atoms with van der Waals surface area (Å²) in [4.78, 5) is 12.7. The average molecular weight is 365 g/mol. The standard InChI is InChI=1S/C13H17BrO3S2/c1-2-19(16,17)9-3-4-12(15)10-18-13-7-5-11(14)6-8-13/h5-8H,2-4,9-10H2,1H3. The van der Waals surface area contributed by atoms with Crippen LogP contribution in [0, 0.1) is 0 Å². The minimum absolute atomic E-state index is 0.0965. The number of thioether (sulfide) groups is 1. The topological polar surface area (TPSA) is 51.2 Å². The van der Waals surface area contributed by atoms with Gasteiger partial charge in [0.2, 0.25) is 0 Å². The van der Waals surface area contributed by atoms with E-state index in [1.165, 1.54) is 11.8 Å². The minimum Gasteiger partial charge on any atom is -0.299 e. The van der Waals surface area contributed by atoms with Crippen LogP contribution in [0.25, 0.3) is 0 Å². The van der Waals surface area contributed by atoms with Crippen LogP contribution >= 0.6 is 27.7 Å². The highest BCUT2D eigenvalue weighted by Gasteiger charge is 2.09. The maximum absolute atomic E-state index is 11.6. The van der Waals surface area contributed by atoms with Crippen LogP contribution < -0.4 is 0 Å². The summed E-state index contributed by atoms with van der Waals surface area (Å²) in [5, 5.41) is 0. The first kappa shape index (κ1) is 16.7. The Kier molecular flexibility index (Phi) is 7.10. The van der Waals surface area contributed by atoms with Gasteiger partial charge in [-0.25, -0.2) is 8.42 Å². The first-order valence-electron chi connectivity index (χ1n) is 6.03.